The minimum absolute atomic E-state index is 0.0781. The van der Waals surface area contributed by atoms with E-state index in [2.05, 4.69) is 5.32 Å². The van der Waals surface area contributed by atoms with Gasteiger partial charge in [-0.3, -0.25) is 25.0 Å². The SMILES string of the molecule is Cc1c([N+](=O)[O-])cc(C(=O)NC[C@@H]2CCCO2)cc1[N+](=O)[O-]. The highest BCUT2D eigenvalue weighted by molar-refractivity contribution is 5.96. The van der Waals surface area contributed by atoms with Crippen LogP contribution in [0.1, 0.15) is 28.8 Å². The van der Waals surface area contributed by atoms with E-state index in [1.807, 2.05) is 0 Å². The molecule has 1 heterocycles. The number of hydrogen-bond donors (Lipinski definition) is 1. The number of nitro groups is 2. The average Bonchev–Trinajstić information content (AvgIpc) is 2.97. The molecule has 118 valence electrons. The van der Waals surface area contributed by atoms with Crippen LogP contribution in [-0.4, -0.2) is 35.0 Å². The van der Waals surface area contributed by atoms with Gasteiger partial charge in [-0.2, -0.15) is 0 Å². The molecular weight excluding hydrogens is 294 g/mol. The Morgan fingerprint density at radius 2 is 1.91 bits per heavy atom. The zero-order chi connectivity index (χ0) is 16.3. The van der Waals surface area contributed by atoms with Crippen molar-refractivity contribution in [2.45, 2.75) is 25.9 Å². The van der Waals surface area contributed by atoms with Gasteiger partial charge < -0.3 is 10.1 Å². The van der Waals surface area contributed by atoms with E-state index in [9.17, 15) is 25.0 Å². The summed E-state index contributed by atoms with van der Waals surface area (Å²) in [6, 6.07) is 2.10. The monoisotopic (exact) mass is 309 g/mol. The number of carbonyl (C=O) groups is 1. The van der Waals surface area contributed by atoms with Crippen LogP contribution in [0.3, 0.4) is 0 Å². The predicted octanol–water partition coefficient (Wildman–Crippen LogP) is 1.72. The summed E-state index contributed by atoms with van der Waals surface area (Å²) >= 11 is 0. The van der Waals surface area contributed by atoms with Crippen molar-refractivity contribution in [1.29, 1.82) is 0 Å². The van der Waals surface area contributed by atoms with Crippen LogP contribution in [0, 0.1) is 27.2 Å². The highest BCUT2D eigenvalue weighted by Gasteiger charge is 2.25. The molecule has 1 aliphatic heterocycles. The summed E-state index contributed by atoms with van der Waals surface area (Å²) in [6.45, 7) is 2.20. The van der Waals surface area contributed by atoms with Gasteiger partial charge in [-0.1, -0.05) is 0 Å². The first-order valence-electron chi connectivity index (χ1n) is 6.73. The highest BCUT2D eigenvalue weighted by Crippen LogP contribution is 2.29. The van der Waals surface area contributed by atoms with Crippen LogP contribution in [-0.2, 0) is 4.74 Å². The van der Waals surface area contributed by atoms with Gasteiger partial charge in [-0.15, -0.1) is 0 Å². The number of nitrogens with one attached hydrogen (secondary N) is 1. The van der Waals surface area contributed by atoms with E-state index in [0.29, 0.717) is 6.61 Å². The number of rotatable bonds is 5. The highest BCUT2D eigenvalue weighted by atomic mass is 16.6. The molecule has 1 fully saturated rings. The van der Waals surface area contributed by atoms with Gasteiger partial charge in [0.1, 0.15) is 5.56 Å². The molecule has 0 bridgehead atoms. The van der Waals surface area contributed by atoms with Gasteiger partial charge in [-0.25, -0.2) is 0 Å². The zero-order valence-electron chi connectivity index (χ0n) is 11.9. The Morgan fingerprint density at radius 1 is 1.32 bits per heavy atom. The van der Waals surface area contributed by atoms with Gasteiger partial charge in [0, 0.05) is 25.3 Å². The van der Waals surface area contributed by atoms with E-state index in [0.717, 1.165) is 25.0 Å². The van der Waals surface area contributed by atoms with E-state index in [1.165, 1.54) is 6.92 Å². The fraction of sp³-hybridized carbons (Fsp3) is 0.462. The summed E-state index contributed by atoms with van der Waals surface area (Å²) in [5.74, 6) is -0.596. The first kappa shape index (κ1) is 15.8. The third-order valence-electron chi connectivity index (χ3n) is 3.52. The maximum atomic E-state index is 12.1. The van der Waals surface area contributed by atoms with Crippen molar-refractivity contribution in [1.82, 2.24) is 5.32 Å². The summed E-state index contributed by atoms with van der Waals surface area (Å²) in [4.78, 5) is 32.5. The molecule has 9 nitrogen and oxygen atoms in total. The lowest BCUT2D eigenvalue weighted by Gasteiger charge is -2.11. The zero-order valence-corrected chi connectivity index (χ0v) is 11.9. The van der Waals surface area contributed by atoms with Crippen LogP contribution >= 0.6 is 0 Å². The lowest BCUT2D eigenvalue weighted by Crippen LogP contribution is -2.31. The number of nitrogens with zero attached hydrogens (tertiary/aromatic N) is 2. The van der Waals surface area contributed by atoms with Crippen molar-refractivity contribution in [3.63, 3.8) is 0 Å². The maximum absolute atomic E-state index is 12.1. The first-order valence-corrected chi connectivity index (χ1v) is 6.73. The fourth-order valence-electron chi connectivity index (χ4n) is 2.31. The lowest BCUT2D eigenvalue weighted by atomic mass is 10.1. The predicted molar refractivity (Wildman–Crippen MR) is 75.8 cm³/mol. The van der Waals surface area contributed by atoms with E-state index >= 15 is 0 Å². The molecule has 1 N–H and O–H groups in total. The van der Waals surface area contributed by atoms with Gasteiger partial charge in [0.25, 0.3) is 17.3 Å². The van der Waals surface area contributed by atoms with Crippen molar-refractivity contribution in [3.8, 4) is 0 Å². The van der Waals surface area contributed by atoms with Gasteiger partial charge in [0.2, 0.25) is 0 Å². The standard InChI is InChI=1S/C13H15N3O6/c1-8-11(15(18)19)5-9(6-12(8)16(20)21)13(17)14-7-10-3-2-4-22-10/h5-6,10H,2-4,7H2,1H3,(H,14,17)/t10-/m0/s1. The molecule has 0 radical (unpaired) electrons. The van der Waals surface area contributed by atoms with Crippen LogP contribution in [0.15, 0.2) is 12.1 Å². The molecule has 9 heteroatoms. The fourth-order valence-corrected chi connectivity index (χ4v) is 2.31. The molecule has 1 amide bonds. The molecule has 0 aliphatic carbocycles. The second kappa shape index (κ2) is 6.48. The summed E-state index contributed by atoms with van der Waals surface area (Å²) in [5, 5.41) is 24.5. The third kappa shape index (κ3) is 3.37. The van der Waals surface area contributed by atoms with Crippen LogP contribution in [0.25, 0.3) is 0 Å². The molecule has 1 saturated heterocycles. The summed E-state index contributed by atoms with van der Waals surface area (Å²) in [5.41, 5.74) is -1.08. The number of ether oxygens (including phenoxy) is 1. The van der Waals surface area contributed by atoms with Crippen LogP contribution in [0.5, 0.6) is 0 Å². The molecule has 0 aromatic heterocycles. The van der Waals surface area contributed by atoms with Crippen molar-refractivity contribution >= 4 is 17.3 Å². The van der Waals surface area contributed by atoms with Crippen LogP contribution in [0.2, 0.25) is 0 Å². The summed E-state index contributed by atoms with van der Waals surface area (Å²) < 4.78 is 5.35. The smallest absolute Gasteiger partial charge is 0.279 e. The summed E-state index contributed by atoms with van der Waals surface area (Å²) in [6.07, 6.45) is 1.66. The van der Waals surface area contributed by atoms with Crippen molar-refractivity contribution in [3.05, 3.63) is 43.5 Å². The molecule has 0 unspecified atom stereocenters. The quantitative estimate of drug-likeness (QED) is 0.652. The topological polar surface area (TPSA) is 125 Å². The molecule has 1 atom stereocenters. The number of benzene rings is 1. The van der Waals surface area contributed by atoms with Crippen LogP contribution < -0.4 is 5.32 Å². The molecule has 1 aromatic carbocycles. The molecule has 0 spiro atoms. The Kier molecular flexibility index (Phi) is 4.66. The Bertz CT molecular complexity index is 589. The van der Waals surface area contributed by atoms with Crippen molar-refractivity contribution in [2.75, 3.05) is 13.2 Å². The average molecular weight is 309 g/mol. The van der Waals surface area contributed by atoms with Crippen molar-refractivity contribution in [2.24, 2.45) is 0 Å². The van der Waals surface area contributed by atoms with E-state index in [-0.39, 0.29) is 23.8 Å². The second-order valence-corrected chi connectivity index (χ2v) is 5.00. The summed E-state index contributed by atoms with van der Waals surface area (Å²) in [7, 11) is 0. The number of amides is 1. The maximum Gasteiger partial charge on any atom is 0.279 e. The van der Waals surface area contributed by atoms with Crippen LogP contribution in [0.4, 0.5) is 11.4 Å². The Hall–Kier alpha value is -2.55. The van der Waals surface area contributed by atoms with Crippen molar-refractivity contribution < 1.29 is 19.4 Å². The number of nitro benzene ring substituents is 2. The Balaban J connectivity index is 2.23. The van der Waals surface area contributed by atoms with Gasteiger partial charge in [0.15, 0.2) is 0 Å². The van der Waals surface area contributed by atoms with Gasteiger partial charge in [-0.05, 0) is 19.8 Å². The normalized spacial score (nSPS) is 17.2. The third-order valence-corrected chi connectivity index (χ3v) is 3.52. The minimum Gasteiger partial charge on any atom is -0.376 e. The van der Waals surface area contributed by atoms with Gasteiger partial charge >= 0.3 is 0 Å². The molecule has 1 aliphatic rings. The Morgan fingerprint density at radius 3 is 2.36 bits per heavy atom. The van der Waals surface area contributed by atoms with Gasteiger partial charge in [0.05, 0.1) is 21.5 Å². The minimum atomic E-state index is -0.737. The molecule has 1 aromatic rings. The molecule has 0 saturated carbocycles. The molecule has 22 heavy (non-hydrogen) atoms. The second-order valence-electron chi connectivity index (χ2n) is 5.00. The number of hydrogen-bond acceptors (Lipinski definition) is 6. The largest absolute Gasteiger partial charge is 0.376 e. The Labute approximate surface area is 125 Å². The number of carbonyl (C=O) groups excluding carboxylic acids is 1. The lowest BCUT2D eigenvalue weighted by molar-refractivity contribution is -0.395. The molecule has 2 rings (SSSR count). The molecular formula is C13H15N3O6. The van der Waals surface area contributed by atoms with E-state index in [1.54, 1.807) is 0 Å². The first-order chi connectivity index (χ1) is 10.4. The van der Waals surface area contributed by atoms with E-state index < -0.39 is 27.1 Å². The van der Waals surface area contributed by atoms with E-state index in [4.69, 9.17) is 4.74 Å².